The summed E-state index contributed by atoms with van der Waals surface area (Å²) in [5.74, 6) is -1.63. The van der Waals surface area contributed by atoms with Crippen molar-refractivity contribution < 1.29 is 27.8 Å². The molecule has 1 aromatic heterocycles. The Bertz CT molecular complexity index is 627. The first-order valence-corrected chi connectivity index (χ1v) is 6.00. The van der Waals surface area contributed by atoms with Crippen molar-refractivity contribution in [1.29, 1.82) is 0 Å². The van der Waals surface area contributed by atoms with Crippen molar-refractivity contribution in [3.8, 4) is 5.75 Å². The molecule has 5 nitrogen and oxygen atoms in total. The molecule has 0 amide bonds. The third kappa shape index (κ3) is 3.05. The van der Waals surface area contributed by atoms with Gasteiger partial charge in [0.05, 0.1) is 5.56 Å². The predicted molar refractivity (Wildman–Crippen MR) is 62.6 cm³/mol. The molecule has 0 spiro atoms. The molecule has 106 valence electrons. The summed E-state index contributed by atoms with van der Waals surface area (Å²) in [6, 6.07) is 4.67. The van der Waals surface area contributed by atoms with Crippen molar-refractivity contribution in [1.82, 2.24) is 9.59 Å². The van der Waals surface area contributed by atoms with Crippen LogP contribution in [0.15, 0.2) is 24.3 Å². The molecule has 0 radical (unpaired) electrons. The number of alkyl halides is 3. The number of aromatic nitrogens is 2. The number of benzene rings is 1. The minimum atomic E-state index is -4.55. The Morgan fingerprint density at radius 1 is 1.35 bits per heavy atom. The summed E-state index contributed by atoms with van der Waals surface area (Å²) in [5.41, 5.74) is -0.945. The van der Waals surface area contributed by atoms with E-state index in [4.69, 9.17) is 9.84 Å². The summed E-state index contributed by atoms with van der Waals surface area (Å²) < 4.78 is 46.6. The van der Waals surface area contributed by atoms with E-state index in [2.05, 4.69) is 9.59 Å². The number of para-hydroxylation sites is 1. The van der Waals surface area contributed by atoms with Crippen LogP contribution in [-0.2, 0) is 12.8 Å². The largest absolute Gasteiger partial charge is 0.487 e. The van der Waals surface area contributed by atoms with Gasteiger partial charge in [0.1, 0.15) is 18.1 Å². The smallest absolute Gasteiger partial charge is 0.419 e. The molecule has 0 fully saturated rings. The zero-order chi connectivity index (χ0) is 14.8. The number of rotatable bonds is 4. The van der Waals surface area contributed by atoms with Crippen molar-refractivity contribution in [2.24, 2.45) is 0 Å². The van der Waals surface area contributed by atoms with E-state index in [0.29, 0.717) is 11.5 Å². The number of hydrogen-bond donors (Lipinski definition) is 1. The molecule has 1 aromatic carbocycles. The molecule has 0 aliphatic rings. The topological polar surface area (TPSA) is 72.3 Å². The monoisotopic (exact) mass is 304 g/mol. The fourth-order valence-corrected chi connectivity index (χ4v) is 1.94. The predicted octanol–water partition coefficient (Wildman–Crippen LogP) is 2.83. The van der Waals surface area contributed by atoms with Gasteiger partial charge < -0.3 is 9.84 Å². The number of halogens is 3. The highest BCUT2D eigenvalue weighted by Gasteiger charge is 2.34. The van der Waals surface area contributed by atoms with Crippen molar-refractivity contribution >= 4 is 17.5 Å². The highest BCUT2D eigenvalue weighted by molar-refractivity contribution is 7.07. The fraction of sp³-hybridized carbons (Fsp3) is 0.182. The average molecular weight is 304 g/mol. The van der Waals surface area contributed by atoms with Gasteiger partial charge in [0.25, 0.3) is 0 Å². The molecule has 0 atom stereocenters. The van der Waals surface area contributed by atoms with Gasteiger partial charge in [-0.2, -0.15) is 13.2 Å². The van der Waals surface area contributed by atoms with Crippen molar-refractivity contribution in [2.45, 2.75) is 12.8 Å². The highest BCUT2D eigenvalue weighted by atomic mass is 32.1. The van der Waals surface area contributed by atoms with E-state index in [1.165, 1.54) is 12.1 Å². The minimum absolute atomic E-state index is 0.0144. The van der Waals surface area contributed by atoms with Gasteiger partial charge in [-0.05, 0) is 23.7 Å². The number of nitrogens with zero attached hydrogens (tertiary/aromatic N) is 2. The molecule has 1 heterocycles. The van der Waals surface area contributed by atoms with Crippen LogP contribution < -0.4 is 4.74 Å². The van der Waals surface area contributed by atoms with Crippen LogP contribution >= 0.6 is 11.5 Å². The fourth-order valence-electron chi connectivity index (χ4n) is 1.44. The Balaban J connectivity index is 2.20. The number of carboxylic acids is 1. The highest BCUT2D eigenvalue weighted by Crippen LogP contribution is 2.36. The van der Waals surface area contributed by atoms with E-state index >= 15 is 0 Å². The SMILES string of the molecule is O=C(O)c1snnc1COc1ccccc1C(F)(F)F. The second-order valence-corrected chi connectivity index (χ2v) is 4.39. The second kappa shape index (κ2) is 5.45. The summed E-state index contributed by atoms with van der Waals surface area (Å²) >= 11 is 0.640. The summed E-state index contributed by atoms with van der Waals surface area (Å²) in [6.07, 6.45) is -4.55. The van der Waals surface area contributed by atoms with Crippen LogP contribution in [0.2, 0.25) is 0 Å². The Morgan fingerprint density at radius 3 is 2.70 bits per heavy atom. The van der Waals surface area contributed by atoms with E-state index < -0.39 is 24.3 Å². The van der Waals surface area contributed by atoms with E-state index in [0.717, 1.165) is 12.1 Å². The van der Waals surface area contributed by atoms with Gasteiger partial charge in [-0.15, -0.1) is 5.10 Å². The van der Waals surface area contributed by atoms with E-state index in [1.807, 2.05) is 0 Å². The molecule has 2 rings (SSSR count). The summed E-state index contributed by atoms with van der Waals surface area (Å²) in [4.78, 5) is 10.7. The average Bonchev–Trinajstić information content (AvgIpc) is 2.84. The van der Waals surface area contributed by atoms with Gasteiger partial charge in [-0.25, -0.2) is 4.79 Å². The lowest BCUT2D eigenvalue weighted by Gasteiger charge is -2.12. The third-order valence-corrected chi connectivity index (χ3v) is 3.06. The van der Waals surface area contributed by atoms with Crippen LogP contribution in [0, 0.1) is 0 Å². The third-order valence-electron chi connectivity index (χ3n) is 2.31. The molecule has 20 heavy (non-hydrogen) atoms. The molecule has 0 bridgehead atoms. The molecule has 0 aliphatic carbocycles. The zero-order valence-electron chi connectivity index (χ0n) is 9.72. The molecule has 2 aromatic rings. The molecule has 9 heteroatoms. The molecular weight excluding hydrogens is 297 g/mol. The molecular formula is C11H7F3N2O3S. The van der Waals surface area contributed by atoms with Crippen molar-refractivity contribution in [3.05, 3.63) is 40.4 Å². The molecule has 0 saturated heterocycles. The number of ether oxygens (including phenoxy) is 1. The van der Waals surface area contributed by atoms with Gasteiger partial charge >= 0.3 is 12.1 Å². The molecule has 0 saturated carbocycles. The maximum Gasteiger partial charge on any atom is 0.419 e. The zero-order valence-corrected chi connectivity index (χ0v) is 10.5. The minimum Gasteiger partial charge on any atom is -0.487 e. The lowest BCUT2D eigenvalue weighted by Crippen LogP contribution is -2.09. The number of hydrogen-bond acceptors (Lipinski definition) is 5. The number of carbonyl (C=O) groups is 1. The second-order valence-electron chi connectivity index (χ2n) is 3.64. The standard InChI is InChI=1S/C11H7F3N2O3S/c12-11(13,14)6-3-1-2-4-8(6)19-5-7-9(10(17)18)20-16-15-7/h1-4H,5H2,(H,17,18). The lowest BCUT2D eigenvalue weighted by atomic mass is 10.2. The van der Waals surface area contributed by atoms with Crippen LogP contribution in [-0.4, -0.2) is 20.7 Å². The van der Waals surface area contributed by atoms with E-state index in [-0.39, 0.29) is 16.3 Å². The maximum absolute atomic E-state index is 12.7. The van der Waals surface area contributed by atoms with Crippen LogP contribution in [0.5, 0.6) is 5.75 Å². The van der Waals surface area contributed by atoms with Crippen molar-refractivity contribution in [2.75, 3.05) is 0 Å². The van der Waals surface area contributed by atoms with Gasteiger partial charge in [-0.1, -0.05) is 16.6 Å². The summed E-state index contributed by atoms with van der Waals surface area (Å²) in [7, 11) is 0. The quantitative estimate of drug-likeness (QED) is 0.940. The number of carboxylic acid groups (broad SMARTS) is 1. The normalized spacial score (nSPS) is 11.3. The van der Waals surface area contributed by atoms with Crippen LogP contribution in [0.3, 0.4) is 0 Å². The Labute approximate surface area is 114 Å². The van der Waals surface area contributed by atoms with Crippen LogP contribution in [0.25, 0.3) is 0 Å². The summed E-state index contributed by atoms with van der Waals surface area (Å²) in [6.45, 7) is -0.398. The van der Waals surface area contributed by atoms with Crippen LogP contribution in [0.1, 0.15) is 20.9 Å². The van der Waals surface area contributed by atoms with E-state index in [1.54, 1.807) is 0 Å². The Hall–Kier alpha value is -2.16. The van der Waals surface area contributed by atoms with Gasteiger partial charge in [0, 0.05) is 0 Å². The van der Waals surface area contributed by atoms with Crippen molar-refractivity contribution in [3.63, 3.8) is 0 Å². The summed E-state index contributed by atoms with van der Waals surface area (Å²) in [5, 5.41) is 12.4. The lowest BCUT2D eigenvalue weighted by molar-refractivity contribution is -0.139. The Morgan fingerprint density at radius 2 is 2.05 bits per heavy atom. The van der Waals surface area contributed by atoms with Gasteiger partial charge in [0.2, 0.25) is 0 Å². The first kappa shape index (κ1) is 14.3. The van der Waals surface area contributed by atoms with Crippen LogP contribution in [0.4, 0.5) is 13.2 Å². The molecule has 0 aliphatic heterocycles. The number of aromatic carboxylic acids is 1. The molecule has 1 N–H and O–H groups in total. The van der Waals surface area contributed by atoms with E-state index in [9.17, 15) is 18.0 Å². The first-order chi connectivity index (χ1) is 9.39. The Kier molecular flexibility index (Phi) is 3.89. The maximum atomic E-state index is 12.7. The van der Waals surface area contributed by atoms with Gasteiger partial charge in [0.15, 0.2) is 4.88 Å². The molecule has 0 unspecified atom stereocenters. The first-order valence-electron chi connectivity index (χ1n) is 5.23. The van der Waals surface area contributed by atoms with Gasteiger partial charge in [-0.3, -0.25) is 0 Å².